The molecule has 0 bridgehead atoms. The maximum atomic E-state index is 5.96. The van der Waals surface area contributed by atoms with E-state index in [0.717, 1.165) is 42.4 Å². The molecule has 0 amide bonds. The minimum Gasteiger partial charge on any atom is -0.370 e. The van der Waals surface area contributed by atoms with Gasteiger partial charge >= 0.3 is 0 Å². The summed E-state index contributed by atoms with van der Waals surface area (Å²) in [6, 6.07) is 10.3. The zero-order valence-electron chi connectivity index (χ0n) is 17.3. The second kappa shape index (κ2) is 10.6. The van der Waals surface area contributed by atoms with E-state index in [0.29, 0.717) is 13.2 Å². The smallest absolute Gasteiger partial charge is 0.194 e. The maximum Gasteiger partial charge on any atom is 0.194 e. The molecule has 1 fully saturated rings. The van der Waals surface area contributed by atoms with Crippen LogP contribution in [0.3, 0.4) is 0 Å². The van der Waals surface area contributed by atoms with E-state index in [4.69, 9.17) is 9.73 Å². The van der Waals surface area contributed by atoms with Crippen LogP contribution in [0.15, 0.2) is 60.1 Å². The van der Waals surface area contributed by atoms with Crippen molar-refractivity contribution in [3.8, 4) is 5.69 Å². The Labute approximate surface area is 194 Å². The van der Waals surface area contributed by atoms with Crippen LogP contribution in [0.1, 0.15) is 24.2 Å². The minimum atomic E-state index is 0. The quantitative estimate of drug-likeness (QED) is 0.318. The summed E-state index contributed by atoms with van der Waals surface area (Å²) in [5.41, 5.74) is 3.30. The molecular formula is C21H28IN7O. The normalized spacial score (nSPS) is 16.9. The molecule has 1 aliphatic rings. The van der Waals surface area contributed by atoms with Crippen LogP contribution in [0.4, 0.5) is 0 Å². The summed E-state index contributed by atoms with van der Waals surface area (Å²) in [6.45, 7) is 5.79. The molecule has 3 aromatic rings. The number of ether oxygens (including phenoxy) is 1. The molecule has 1 saturated heterocycles. The number of benzene rings is 1. The highest BCUT2D eigenvalue weighted by Crippen LogP contribution is 2.21. The highest BCUT2D eigenvalue weighted by atomic mass is 127. The fourth-order valence-corrected chi connectivity index (χ4v) is 3.42. The molecular weight excluding hydrogens is 493 g/mol. The predicted octanol–water partition coefficient (Wildman–Crippen LogP) is 2.76. The lowest BCUT2D eigenvalue weighted by molar-refractivity contribution is -0.00805. The topological polar surface area (TPSA) is 72.5 Å². The summed E-state index contributed by atoms with van der Waals surface area (Å²) >= 11 is 0. The molecule has 0 aliphatic carbocycles. The lowest BCUT2D eigenvalue weighted by atomic mass is 10.1. The molecule has 4 rings (SSSR count). The van der Waals surface area contributed by atoms with Gasteiger partial charge in [0.15, 0.2) is 5.96 Å². The molecule has 2 aromatic heterocycles. The van der Waals surface area contributed by atoms with Gasteiger partial charge in [-0.1, -0.05) is 12.1 Å². The van der Waals surface area contributed by atoms with E-state index in [1.165, 1.54) is 0 Å². The largest absolute Gasteiger partial charge is 0.370 e. The van der Waals surface area contributed by atoms with E-state index < -0.39 is 0 Å². The zero-order valence-corrected chi connectivity index (χ0v) is 19.6. The number of halogens is 1. The Kier molecular flexibility index (Phi) is 7.86. The molecule has 1 unspecified atom stereocenters. The molecule has 0 spiro atoms. The molecule has 30 heavy (non-hydrogen) atoms. The van der Waals surface area contributed by atoms with Crippen LogP contribution in [0.25, 0.3) is 5.69 Å². The Balaban J connectivity index is 0.00000256. The number of hydrogen-bond acceptors (Lipinski definition) is 4. The first-order valence-electron chi connectivity index (χ1n) is 9.95. The van der Waals surface area contributed by atoms with Crippen molar-refractivity contribution in [1.29, 1.82) is 0 Å². The van der Waals surface area contributed by atoms with E-state index in [2.05, 4.69) is 51.6 Å². The Hall–Kier alpha value is -2.40. The van der Waals surface area contributed by atoms with Crippen molar-refractivity contribution in [2.24, 2.45) is 12.0 Å². The van der Waals surface area contributed by atoms with Gasteiger partial charge in [-0.25, -0.2) is 9.67 Å². The number of aryl methyl sites for hydroxylation is 1. The first-order chi connectivity index (χ1) is 14.2. The number of nitrogens with one attached hydrogen (secondary N) is 1. The standard InChI is InChI=1S/C21H27N7O.HI/c1-3-22-21(27-11-12-29-20(16-27)18-14-25-26(2)15-18)23-13-17-5-7-19(8-6-17)28-10-4-9-24-28;/h4-10,14-15,20H,3,11-13,16H2,1-2H3,(H,22,23);1H. The van der Waals surface area contributed by atoms with E-state index in [1.807, 2.05) is 41.1 Å². The lowest BCUT2D eigenvalue weighted by Crippen LogP contribution is -2.48. The van der Waals surface area contributed by atoms with Crippen LogP contribution in [-0.2, 0) is 18.3 Å². The highest BCUT2D eigenvalue weighted by Gasteiger charge is 2.25. The van der Waals surface area contributed by atoms with Crippen molar-refractivity contribution in [2.45, 2.75) is 19.6 Å². The Morgan fingerprint density at radius 1 is 1.27 bits per heavy atom. The maximum absolute atomic E-state index is 5.96. The van der Waals surface area contributed by atoms with Gasteiger partial charge in [0.2, 0.25) is 0 Å². The third-order valence-corrected chi connectivity index (χ3v) is 4.91. The van der Waals surface area contributed by atoms with Crippen molar-refractivity contribution in [3.63, 3.8) is 0 Å². The number of nitrogens with zero attached hydrogens (tertiary/aromatic N) is 6. The Morgan fingerprint density at radius 2 is 2.10 bits per heavy atom. The zero-order chi connectivity index (χ0) is 20.1. The fourth-order valence-electron chi connectivity index (χ4n) is 3.42. The van der Waals surface area contributed by atoms with Crippen LogP contribution in [-0.4, -0.2) is 56.7 Å². The number of hydrogen-bond donors (Lipinski definition) is 1. The fraction of sp³-hybridized carbons (Fsp3) is 0.381. The third-order valence-electron chi connectivity index (χ3n) is 4.91. The minimum absolute atomic E-state index is 0. The monoisotopic (exact) mass is 521 g/mol. The molecule has 1 aliphatic heterocycles. The molecule has 3 heterocycles. The van der Waals surface area contributed by atoms with Gasteiger partial charge in [-0.2, -0.15) is 10.2 Å². The van der Waals surface area contributed by atoms with Crippen molar-refractivity contribution in [2.75, 3.05) is 26.2 Å². The van der Waals surface area contributed by atoms with Gasteiger partial charge in [0.1, 0.15) is 6.10 Å². The van der Waals surface area contributed by atoms with Gasteiger partial charge in [0.05, 0.1) is 31.6 Å². The van der Waals surface area contributed by atoms with Crippen LogP contribution in [0.2, 0.25) is 0 Å². The van der Waals surface area contributed by atoms with E-state index in [1.54, 1.807) is 6.20 Å². The van der Waals surface area contributed by atoms with Crippen molar-refractivity contribution in [1.82, 2.24) is 29.8 Å². The number of morpholine rings is 1. The first-order valence-corrected chi connectivity index (χ1v) is 9.95. The summed E-state index contributed by atoms with van der Waals surface area (Å²) in [7, 11) is 1.92. The molecule has 1 atom stereocenters. The molecule has 0 saturated carbocycles. The second-order valence-electron chi connectivity index (χ2n) is 7.04. The van der Waals surface area contributed by atoms with Gasteiger partial charge in [-0.05, 0) is 30.7 Å². The van der Waals surface area contributed by atoms with Crippen molar-refractivity contribution < 1.29 is 4.74 Å². The second-order valence-corrected chi connectivity index (χ2v) is 7.04. The van der Waals surface area contributed by atoms with Crippen LogP contribution in [0.5, 0.6) is 0 Å². The van der Waals surface area contributed by atoms with Crippen molar-refractivity contribution in [3.05, 3.63) is 66.2 Å². The highest BCUT2D eigenvalue weighted by molar-refractivity contribution is 14.0. The average molecular weight is 521 g/mol. The average Bonchev–Trinajstić information content (AvgIpc) is 3.44. The predicted molar refractivity (Wildman–Crippen MR) is 127 cm³/mol. The Bertz CT molecular complexity index is 937. The van der Waals surface area contributed by atoms with Gasteiger partial charge < -0.3 is 15.0 Å². The van der Waals surface area contributed by atoms with Gasteiger partial charge in [-0.15, -0.1) is 24.0 Å². The first kappa shape index (κ1) is 22.3. The summed E-state index contributed by atoms with van der Waals surface area (Å²) in [6.07, 6.45) is 7.61. The van der Waals surface area contributed by atoms with Crippen LogP contribution < -0.4 is 5.32 Å². The molecule has 1 N–H and O–H groups in total. The summed E-state index contributed by atoms with van der Waals surface area (Å²) in [5.74, 6) is 0.917. The van der Waals surface area contributed by atoms with Gasteiger partial charge in [0, 0.05) is 44.3 Å². The molecule has 1 aromatic carbocycles. The molecule has 9 heteroatoms. The van der Waals surface area contributed by atoms with Gasteiger partial charge in [-0.3, -0.25) is 4.68 Å². The van der Waals surface area contributed by atoms with E-state index in [-0.39, 0.29) is 30.1 Å². The van der Waals surface area contributed by atoms with Crippen LogP contribution in [0, 0.1) is 0 Å². The lowest BCUT2D eigenvalue weighted by Gasteiger charge is -2.34. The summed E-state index contributed by atoms with van der Waals surface area (Å²) in [4.78, 5) is 7.13. The summed E-state index contributed by atoms with van der Waals surface area (Å²) < 4.78 is 9.62. The number of aromatic nitrogens is 4. The van der Waals surface area contributed by atoms with Crippen molar-refractivity contribution >= 4 is 29.9 Å². The molecule has 160 valence electrons. The van der Waals surface area contributed by atoms with E-state index >= 15 is 0 Å². The molecule has 0 radical (unpaired) electrons. The SMILES string of the molecule is CCNC(=NCc1ccc(-n2cccn2)cc1)N1CCOC(c2cnn(C)c2)C1.I. The Morgan fingerprint density at radius 3 is 2.77 bits per heavy atom. The third kappa shape index (κ3) is 5.39. The number of aliphatic imine (C=N–C) groups is 1. The van der Waals surface area contributed by atoms with Gasteiger partial charge in [0.25, 0.3) is 0 Å². The molecule has 8 nitrogen and oxygen atoms in total. The summed E-state index contributed by atoms with van der Waals surface area (Å²) in [5, 5.41) is 11.9. The van der Waals surface area contributed by atoms with Crippen LogP contribution >= 0.6 is 24.0 Å². The van der Waals surface area contributed by atoms with E-state index in [9.17, 15) is 0 Å². The number of guanidine groups is 1. The number of rotatable bonds is 5.